The van der Waals surface area contributed by atoms with E-state index in [1.54, 1.807) is 0 Å². The minimum atomic E-state index is -4.34. The van der Waals surface area contributed by atoms with Crippen LogP contribution >= 0.6 is 0 Å². The Morgan fingerprint density at radius 3 is 2.50 bits per heavy atom. The largest absolute Gasteiger partial charge is 0.416 e. The van der Waals surface area contributed by atoms with Gasteiger partial charge in [-0.3, -0.25) is 4.79 Å². The average molecular weight is 362 g/mol. The summed E-state index contributed by atoms with van der Waals surface area (Å²) in [7, 11) is 2.03. The first-order valence-electron chi connectivity index (χ1n) is 8.49. The number of amides is 1. The van der Waals surface area contributed by atoms with Gasteiger partial charge in [0.05, 0.1) is 5.56 Å². The van der Waals surface area contributed by atoms with Gasteiger partial charge in [0.25, 0.3) is 0 Å². The lowest BCUT2D eigenvalue weighted by Crippen LogP contribution is -2.27. The van der Waals surface area contributed by atoms with E-state index in [2.05, 4.69) is 16.3 Å². The van der Waals surface area contributed by atoms with E-state index in [1.807, 2.05) is 13.1 Å². The monoisotopic (exact) mass is 362 g/mol. The Balaban J connectivity index is 2.03. The molecule has 3 rings (SSSR count). The van der Waals surface area contributed by atoms with E-state index in [0.29, 0.717) is 6.54 Å². The van der Waals surface area contributed by atoms with E-state index < -0.39 is 11.7 Å². The molecule has 1 N–H and O–H groups in total. The van der Waals surface area contributed by atoms with Crippen molar-refractivity contribution in [3.05, 3.63) is 58.7 Å². The summed E-state index contributed by atoms with van der Waals surface area (Å²) in [5, 5.41) is 2.79. The smallest absolute Gasteiger partial charge is 0.352 e. The molecule has 0 spiro atoms. The first kappa shape index (κ1) is 18.5. The van der Waals surface area contributed by atoms with Gasteiger partial charge in [-0.15, -0.1) is 0 Å². The maximum absolute atomic E-state index is 12.8. The lowest BCUT2D eigenvalue weighted by molar-refractivity contribution is -0.137. The highest BCUT2D eigenvalue weighted by atomic mass is 19.4. The van der Waals surface area contributed by atoms with Crippen molar-refractivity contribution in [3.63, 3.8) is 0 Å². The van der Waals surface area contributed by atoms with Crippen molar-refractivity contribution in [2.45, 2.75) is 32.6 Å². The van der Waals surface area contributed by atoms with Gasteiger partial charge in [0.2, 0.25) is 5.91 Å². The summed E-state index contributed by atoms with van der Waals surface area (Å²) in [5.41, 5.74) is 4.34. The molecule has 0 saturated carbocycles. The number of nitrogens with one attached hydrogen (secondary N) is 1. The van der Waals surface area contributed by atoms with Gasteiger partial charge >= 0.3 is 6.18 Å². The molecule has 0 unspecified atom stereocenters. The van der Waals surface area contributed by atoms with Crippen LogP contribution in [0.4, 0.5) is 13.2 Å². The van der Waals surface area contributed by atoms with Crippen LogP contribution in [0, 0.1) is 0 Å². The fourth-order valence-electron chi connectivity index (χ4n) is 3.29. The molecule has 1 heterocycles. The number of alkyl halides is 3. The molecule has 0 aliphatic carbocycles. The Morgan fingerprint density at radius 2 is 1.88 bits per heavy atom. The Labute approximate surface area is 150 Å². The second kappa shape index (κ2) is 7.11. The van der Waals surface area contributed by atoms with Gasteiger partial charge in [0.15, 0.2) is 0 Å². The lowest BCUT2D eigenvalue weighted by atomic mass is 9.89. The van der Waals surface area contributed by atoms with Gasteiger partial charge in [0.1, 0.15) is 0 Å². The lowest BCUT2D eigenvalue weighted by Gasteiger charge is -2.28. The first-order valence-corrected chi connectivity index (χ1v) is 8.49. The van der Waals surface area contributed by atoms with Crippen LogP contribution in [0.2, 0.25) is 0 Å². The average Bonchev–Trinajstić information content (AvgIpc) is 2.59. The maximum Gasteiger partial charge on any atom is 0.416 e. The van der Waals surface area contributed by atoms with Crippen LogP contribution in [0.5, 0.6) is 0 Å². The van der Waals surface area contributed by atoms with E-state index in [9.17, 15) is 18.0 Å². The third-order valence-electron chi connectivity index (χ3n) is 4.66. The highest BCUT2D eigenvalue weighted by Gasteiger charge is 2.30. The van der Waals surface area contributed by atoms with Gasteiger partial charge in [-0.05, 0) is 59.5 Å². The number of benzene rings is 2. The minimum absolute atomic E-state index is 0.112. The molecule has 0 radical (unpaired) electrons. The number of likely N-dealkylation sites (N-methyl/N-ethyl adjacent to an activating group) is 1. The van der Waals surface area contributed by atoms with Crippen molar-refractivity contribution < 1.29 is 18.0 Å². The Kier molecular flexibility index (Phi) is 5.05. The topological polar surface area (TPSA) is 32.3 Å². The van der Waals surface area contributed by atoms with Crippen LogP contribution < -0.4 is 5.32 Å². The predicted molar refractivity (Wildman–Crippen MR) is 94.4 cm³/mol. The normalized spacial score (nSPS) is 14.8. The molecular formula is C20H21F3N2O. The molecule has 6 heteroatoms. The minimum Gasteiger partial charge on any atom is -0.352 e. The van der Waals surface area contributed by atoms with Crippen LogP contribution in [0.25, 0.3) is 11.1 Å². The SMILES string of the molecule is CC(=O)NCc1cc2c(c(-c3ccc(C(F)(F)F)cc3)c1)CN(C)CC2. The molecule has 2 aromatic carbocycles. The molecule has 0 bridgehead atoms. The maximum atomic E-state index is 12.8. The number of nitrogens with zero attached hydrogens (tertiary/aromatic N) is 1. The Bertz CT molecular complexity index is 813. The van der Waals surface area contributed by atoms with E-state index in [-0.39, 0.29) is 5.91 Å². The zero-order valence-electron chi connectivity index (χ0n) is 14.8. The van der Waals surface area contributed by atoms with Crippen LogP contribution in [0.15, 0.2) is 36.4 Å². The van der Waals surface area contributed by atoms with Crippen LogP contribution in [-0.2, 0) is 30.5 Å². The van der Waals surface area contributed by atoms with E-state index in [4.69, 9.17) is 0 Å². The molecule has 0 aromatic heterocycles. The zero-order valence-corrected chi connectivity index (χ0v) is 14.8. The van der Waals surface area contributed by atoms with Gasteiger partial charge in [-0.1, -0.05) is 18.2 Å². The third-order valence-corrected chi connectivity index (χ3v) is 4.66. The second-order valence-corrected chi connectivity index (χ2v) is 6.75. The molecule has 1 aliphatic rings. The molecule has 1 amide bonds. The quantitative estimate of drug-likeness (QED) is 0.895. The number of fused-ring (bicyclic) bond motifs is 1. The summed E-state index contributed by atoms with van der Waals surface area (Å²) in [5.74, 6) is -0.112. The van der Waals surface area contributed by atoms with Crippen LogP contribution in [-0.4, -0.2) is 24.4 Å². The van der Waals surface area contributed by atoms with Crippen molar-refractivity contribution >= 4 is 5.91 Å². The molecule has 3 nitrogen and oxygen atoms in total. The van der Waals surface area contributed by atoms with E-state index in [0.717, 1.165) is 53.9 Å². The highest BCUT2D eigenvalue weighted by molar-refractivity contribution is 5.73. The van der Waals surface area contributed by atoms with Crippen molar-refractivity contribution in [3.8, 4) is 11.1 Å². The molecular weight excluding hydrogens is 341 g/mol. The molecule has 138 valence electrons. The number of hydrogen-bond donors (Lipinski definition) is 1. The van der Waals surface area contributed by atoms with Gasteiger partial charge in [-0.2, -0.15) is 13.2 Å². The summed E-state index contributed by atoms with van der Waals surface area (Å²) in [6.45, 7) is 3.56. The number of carbonyl (C=O) groups is 1. The first-order chi connectivity index (χ1) is 12.2. The zero-order chi connectivity index (χ0) is 18.9. The van der Waals surface area contributed by atoms with Crippen LogP contribution in [0.1, 0.15) is 29.2 Å². The second-order valence-electron chi connectivity index (χ2n) is 6.75. The number of rotatable bonds is 3. The summed E-state index contributed by atoms with van der Waals surface area (Å²) < 4.78 is 38.5. The fourth-order valence-corrected chi connectivity index (χ4v) is 3.29. The van der Waals surface area contributed by atoms with Crippen molar-refractivity contribution in [1.82, 2.24) is 10.2 Å². The molecule has 26 heavy (non-hydrogen) atoms. The molecule has 1 aliphatic heterocycles. The Hall–Kier alpha value is -2.34. The molecule has 0 atom stereocenters. The Morgan fingerprint density at radius 1 is 1.19 bits per heavy atom. The van der Waals surface area contributed by atoms with Crippen molar-refractivity contribution in [1.29, 1.82) is 0 Å². The molecule has 2 aromatic rings. The summed E-state index contributed by atoms with van der Waals surface area (Å²) in [6.07, 6.45) is -3.46. The van der Waals surface area contributed by atoms with Crippen molar-refractivity contribution in [2.24, 2.45) is 0 Å². The summed E-state index contributed by atoms with van der Waals surface area (Å²) in [6, 6.07) is 9.34. The fraction of sp³-hybridized carbons (Fsp3) is 0.350. The third kappa shape index (κ3) is 4.07. The molecule has 0 saturated heterocycles. The van der Waals surface area contributed by atoms with Gasteiger partial charge in [-0.25, -0.2) is 0 Å². The van der Waals surface area contributed by atoms with E-state index in [1.165, 1.54) is 24.6 Å². The summed E-state index contributed by atoms with van der Waals surface area (Å²) >= 11 is 0. The summed E-state index contributed by atoms with van der Waals surface area (Å²) in [4.78, 5) is 13.4. The van der Waals surface area contributed by atoms with Crippen molar-refractivity contribution in [2.75, 3.05) is 13.6 Å². The molecule has 0 fully saturated rings. The van der Waals surface area contributed by atoms with Gasteiger partial charge < -0.3 is 10.2 Å². The highest BCUT2D eigenvalue weighted by Crippen LogP contribution is 2.34. The number of carbonyl (C=O) groups excluding carboxylic acids is 1. The van der Waals surface area contributed by atoms with Crippen LogP contribution in [0.3, 0.4) is 0 Å². The number of hydrogen-bond acceptors (Lipinski definition) is 2. The van der Waals surface area contributed by atoms with E-state index >= 15 is 0 Å². The van der Waals surface area contributed by atoms with Gasteiger partial charge in [0, 0.05) is 26.6 Å². The standard InChI is InChI=1S/C20H21F3N2O/c1-13(26)24-11-14-9-16-7-8-25(2)12-19(16)18(10-14)15-3-5-17(6-4-15)20(21,22)23/h3-6,9-10H,7-8,11-12H2,1-2H3,(H,24,26). The number of halogens is 3. The predicted octanol–water partition coefficient (Wildman–Crippen LogP) is 4.00.